The zero-order chi connectivity index (χ0) is 22.2. The fourth-order valence-corrected chi connectivity index (χ4v) is 2.79. The van der Waals surface area contributed by atoms with Crippen LogP contribution in [0.1, 0.15) is 17.3 Å². The molecule has 1 N–H and O–H groups in total. The van der Waals surface area contributed by atoms with Crippen LogP contribution in [0.15, 0.2) is 72.8 Å². The predicted molar refractivity (Wildman–Crippen MR) is 115 cm³/mol. The Morgan fingerprint density at radius 1 is 0.839 bits per heavy atom. The van der Waals surface area contributed by atoms with E-state index in [-0.39, 0.29) is 5.97 Å². The Morgan fingerprint density at radius 2 is 1.48 bits per heavy atom. The number of carbonyl (C=O) groups excluding carboxylic acids is 3. The molecular weight excluding hydrogens is 398 g/mol. The van der Waals surface area contributed by atoms with Gasteiger partial charge < -0.3 is 19.5 Å². The number of anilines is 1. The van der Waals surface area contributed by atoms with E-state index in [4.69, 9.17) is 14.2 Å². The van der Waals surface area contributed by atoms with Crippen LogP contribution >= 0.6 is 0 Å². The quantitative estimate of drug-likeness (QED) is 0.458. The van der Waals surface area contributed by atoms with Gasteiger partial charge in [-0.2, -0.15) is 0 Å². The summed E-state index contributed by atoms with van der Waals surface area (Å²) in [5.41, 5.74) is 2.65. The van der Waals surface area contributed by atoms with Crippen LogP contribution in [0.5, 0.6) is 11.5 Å². The molecule has 0 aromatic heterocycles. The first kappa shape index (κ1) is 21.6. The molecule has 0 atom stereocenters. The van der Waals surface area contributed by atoms with Gasteiger partial charge in [0, 0.05) is 18.7 Å². The van der Waals surface area contributed by atoms with Crippen LogP contribution in [-0.2, 0) is 14.3 Å². The van der Waals surface area contributed by atoms with Crippen molar-refractivity contribution in [2.75, 3.05) is 19.0 Å². The number of amides is 1. The number of methoxy groups -OCH3 is 1. The van der Waals surface area contributed by atoms with Crippen LogP contribution in [0.2, 0.25) is 0 Å². The van der Waals surface area contributed by atoms with E-state index in [1.54, 1.807) is 60.7 Å². The number of ether oxygens (including phenoxy) is 3. The summed E-state index contributed by atoms with van der Waals surface area (Å²) in [5, 5.41) is 2.64. The van der Waals surface area contributed by atoms with Crippen LogP contribution in [0.25, 0.3) is 11.1 Å². The normalized spacial score (nSPS) is 10.1. The van der Waals surface area contributed by atoms with Crippen LogP contribution in [0, 0.1) is 0 Å². The smallest absolute Gasteiger partial charge is 0.338 e. The van der Waals surface area contributed by atoms with E-state index in [1.165, 1.54) is 14.0 Å². The minimum atomic E-state index is -0.599. The van der Waals surface area contributed by atoms with Gasteiger partial charge >= 0.3 is 11.9 Å². The molecule has 0 fully saturated rings. The van der Waals surface area contributed by atoms with Gasteiger partial charge in [0.05, 0.1) is 12.7 Å². The van der Waals surface area contributed by atoms with E-state index < -0.39 is 18.5 Å². The zero-order valence-corrected chi connectivity index (χ0v) is 17.1. The second-order valence-corrected chi connectivity index (χ2v) is 6.55. The number of esters is 2. The van der Waals surface area contributed by atoms with E-state index >= 15 is 0 Å². The maximum absolute atomic E-state index is 12.2. The molecule has 158 valence electrons. The number of carbonyl (C=O) groups is 3. The van der Waals surface area contributed by atoms with Gasteiger partial charge in [-0.3, -0.25) is 9.59 Å². The first-order valence-corrected chi connectivity index (χ1v) is 9.44. The second kappa shape index (κ2) is 10.1. The number of nitrogens with one attached hydrogen (secondary N) is 1. The zero-order valence-electron chi connectivity index (χ0n) is 17.1. The highest BCUT2D eigenvalue weighted by Crippen LogP contribution is 2.23. The van der Waals surface area contributed by atoms with Crippen molar-refractivity contribution in [2.45, 2.75) is 6.92 Å². The highest BCUT2D eigenvalue weighted by Gasteiger charge is 2.11. The molecule has 0 saturated carbocycles. The molecule has 0 spiro atoms. The average molecular weight is 419 g/mol. The van der Waals surface area contributed by atoms with E-state index in [0.717, 1.165) is 11.1 Å². The van der Waals surface area contributed by atoms with Gasteiger partial charge in [-0.25, -0.2) is 4.79 Å². The molecule has 7 heteroatoms. The van der Waals surface area contributed by atoms with Gasteiger partial charge in [0.25, 0.3) is 5.91 Å². The van der Waals surface area contributed by atoms with Crippen molar-refractivity contribution < 1.29 is 28.6 Å². The third-order valence-electron chi connectivity index (χ3n) is 4.26. The number of hydrogen-bond donors (Lipinski definition) is 1. The topological polar surface area (TPSA) is 90.9 Å². The fourth-order valence-electron chi connectivity index (χ4n) is 2.79. The summed E-state index contributed by atoms with van der Waals surface area (Å²) in [6.45, 7) is 0.934. The molecular formula is C24H21NO6. The van der Waals surface area contributed by atoms with Crippen molar-refractivity contribution in [2.24, 2.45) is 0 Å². The van der Waals surface area contributed by atoms with E-state index in [0.29, 0.717) is 22.7 Å². The van der Waals surface area contributed by atoms with Gasteiger partial charge in [0.1, 0.15) is 11.5 Å². The van der Waals surface area contributed by atoms with Crippen molar-refractivity contribution >= 4 is 23.5 Å². The Kier molecular flexibility index (Phi) is 7.01. The maximum atomic E-state index is 12.2. The molecule has 0 saturated heterocycles. The van der Waals surface area contributed by atoms with Gasteiger partial charge in [-0.1, -0.05) is 30.3 Å². The predicted octanol–water partition coefficient (Wildman–Crippen LogP) is 4.08. The van der Waals surface area contributed by atoms with Gasteiger partial charge in [0.15, 0.2) is 6.61 Å². The van der Waals surface area contributed by atoms with E-state index in [9.17, 15) is 14.4 Å². The Balaban J connectivity index is 1.55. The van der Waals surface area contributed by atoms with Crippen LogP contribution in [0.3, 0.4) is 0 Å². The minimum absolute atomic E-state index is 0.328. The molecule has 7 nitrogen and oxygen atoms in total. The number of rotatable bonds is 7. The van der Waals surface area contributed by atoms with Gasteiger partial charge in [-0.05, 0) is 47.5 Å². The summed E-state index contributed by atoms with van der Waals surface area (Å²) < 4.78 is 15.2. The lowest BCUT2D eigenvalue weighted by Crippen LogP contribution is -2.20. The summed E-state index contributed by atoms with van der Waals surface area (Å²) in [6, 6.07) is 20.7. The molecule has 1 amide bonds. The van der Waals surface area contributed by atoms with Gasteiger partial charge in [0.2, 0.25) is 0 Å². The second-order valence-electron chi connectivity index (χ2n) is 6.55. The summed E-state index contributed by atoms with van der Waals surface area (Å²) in [5.74, 6) is -0.365. The summed E-state index contributed by atoms with van der Waals surface area (Å²) >= 11 is 0. The number of hydrogen-bond acceptors (Lipinski definition) is 6. The van der Waals surface area contributed by atoms with Crippen molar-refractivity contribution in [3.63, 3.8) is 0 Å². The monoisotopic (exact) mass is 419 g/mol. The van der Waals surface area contributed by atoms with E-state index in [2.05, 4.69) is 5.32 Å². The highest BCUT2D eigenvalue weighted by molar-refractivity contribution is 5.95. The average Bonchev–Trinajstić information content (AvgIpc) is 2.78. The molecule has 0 aliphatic rings. The Hall–Kier alpha value is -4.13. The number of benzene rings is 3. The minimum Gasteiger partial charge on any atom is -0.497 e. The summed E-state index contributed by atoms with van der Waals surface area (Å²) in [4.78, 5) is 35.2. The van der Waals surface area contributed by atoms with E-state index in [1.807, 2.05) is 12.1 Å². The summed E-state index contributed by atoms with van der Waals surface area (Å²) in [7, 11) is 1.53. The molecule has 0 aliphatic carbocycles. The lowest BCUT2D eigenvalue weighted by atomic mass is 10.0. The van der Waals surface area contributed by atoms with Crippen LogP contribution in [0.4, 0.5) is 5.69 Å². The standard InChI is InChI=1S/C24H21NO6/c1-16(26)31-21-12-10-18(11-13-21)17-6-8-19(9-7-17)24(28)30-15-23(27)25-20-4-3-5-22(14-20)29-2/h3-14H,15H2,1-2H3,(H,25,27). The third kappa shape index (κ3) is 6.17. The molecule has 31 heavy (non-hydrogen) atoms. The maximum Gasteiger partial charge on any atom is 0.338 e. The fraction of sp³-hybridized carbons (Fsp3) is 0.125. The molecule has 0 aliphatic heterocycles. The van der Waals surface area contributed by atoms with Crippen molar-refractivity contribution in [3.8, 4) is 22.6 Å². The lowest BCUT2D eigenvalue weighted by Gasteiger charge is -2.08. The molecule has 0 heterocycles. The SMILES string of the molecule is COc1cccc(NC(=O)COC(=O)c2ccc(-c3ccc(OC(C)=O)cc3)cc2)c1. The molecule has 0 bridgehead atoms. The Morgan fingerprint density at radius 3 is 2.10 bits per heavy atom. The molecule has 0 unspecified atom stereocenters. The van der Waals surface area contributed by atoms with Crippen LogP contribution < -0.4 is 14.8 Å². The molecule has 3 aromatic rings. The first-order valence-electron chi connectivity index (χ1n) is 9.44. The highest BCUT2D eigenvalue weighted by atomic mass is 16.5. The largest absolute Gasteiger partial charge is 0.497 e. The molecule has 3 rings (SSSR count). The van der Waals surface area contributed by atoms with Crippen LogP contribution in [-0.4, -0.2) is 31.6 Å². The van der Waals surface area contributed by atoms with Gasteiger partial charge in [-0.15, -0.1) is 0 Å². The Labute approximate surface area is 179 Å². The molecule has 0 radical (unpaired) electrons. The molecule has 3 aromatic carbocycles. The lowest BCUT2D eigenvalue weighted by molar-refractivity contribution is -0.131. The summed E-state index contributed by atoms with van der Waals surface area (Å²) in [6.07, 6.45) is 0. The third-order valence-corrected chi connectivity index (χ3v) is 4.26. The van der Waals surface area contributed by atoms with Crippen molar-refractivity contribution in [3.05, 3.63) is 78.4 Å². The Bertz CT molecular complexity index is 1070. The van der Waals surface area contributed by atoms with Crippen molar-refractivity contribution in [1.82, 2.24) is 0 Å². The first-order chi connectivity index (χ1) is 14.9. The van der Waals surface area contributed by atoms with Crippen molar-refractivity contribution in [1.29, 1.82) is 0 Å².